The van der Waals surface area contributed by atoms with Crippen LogP contribution in [0, 0.1) is 11.7 Å². The number of ether oxygens (including phenoxy) is 1. The van der Waals surface area contributed by atoms with Crippen LogP contribution in [0.25, 0.3) is 0 Å². The van der Waals surface area contributed by atoms with Gasteiger partial charge in [0.05, 0.1) is 12.7 Å². The molecule has 204 valence electrons. The third kappa shape index (κ3) is 6.93. The van der Waals surface area contributed by atoms with Gasteiger partial charge in [-0.25, -0.2) is 4.39 Å². The fraction of sp³-hybridized carbons (Fsp3) is 0.300. The van der Waals surface area contributed by atoms with Gasteiger partial charge < -0.3 is 25.2 Å². The van der Waals surface area contributed by atoms with Crippen LogP contribution in [0.5, 0.6) is 5.75 Å². The third-order valence-corrected chi connectivity index (χ3v) is 6.64. The fourth-order valence-electron chi connectivity index (χ4n) is 4.30. The minimum absolute atomic E-state index is 0.0543. The van der Waals surface area contributed by atoms with Crippen LogP contribution < -0.4 is 20.3 Å². The Morgan fingerprint density at radius 3 is 2.21 bits per heavy atom. The molecule has 3 aromatic carbocycles. The van der Waals surface area contributed by atoms with E-state index in [0.717, 1.165) is 5.56 Å². The Hall–Kier alpha value is -4.40. The number of hydrogen-bond acceptors (Lipinski definition) is 5. The van der Waals surface area contributed by atoms with Crippen LogP contribution in [0.4, 0.5) is 15.8 Å². The van der Waals surface area contributed by atoms with Crippen LogP contribution in [-0.2, 0) is 11.3 Å². The number of nitrogens with one attached hydrogen (secondary N) is 2. The van der Waals surface area contributed by atoms with Crippen molar-refractivity contribution in [1.29, 1.82) is 0 Å². The van der Waals surface area contributed by atoms with Crippen molar-refractivity contribution in [3.8, 4) is 5.75 Å². The second kappa shape index (κ2) is 12.4. The minimum atomic E-state index is -0.342. The zero-order valence-electron chi connectivity index (χ0n) is 22.4. The molecule has 0 atom stereocenters. The zero-order valence-corrected chi connectivity index (χ0v) is 22.4. The molecule has 9 heteroatoms. The molecule has 8 nitrogen and oxygen atoms in total. The number of nitrogens with zero attached hydrogens (tertiary/aromatic N) is 2. The highest BCUT2D eigenvalue weighted by atomic mass is 19.1. The highest BCUT2D eigenvalue weighted by molar-refractivity contribution is 6.02. The highest BCUT2D eigenvalue weighted by Crippen LogP contribution is 2.27. The Morgan fingerprint density at radius 1 is 0.923 bits per heavy atom. The first-order chi connectivity index (χ1) is 18.7. The van der Waals surface area contributed by atoms with Crippen molar-refractivity contribution in [3.05, 3.63) is 89.2 Å². The third-order valence-electron chi connectivity index (χ3n) is 6.64. The summed E-state index contributed by atoms with van der Waals surface area (Å²) in [6, 6.07) is 18.2. The van der Waals surface area contributed by atoms with Gasteiger partial charge in [-0.05, 0) is 60.2 Å². The molecule has 2 N–H and O–H groups in total. The summed E-state index contributed by atoms with van der Waals surface area (Å²) < 4.78 is 18.4. The number of rotatable bonds is 8. The number of halogens is 1. The van der Waals surface area contributed by atoms with Gasteiger partial charge in [-0.2, -0.15) is 0 Å². The molecule has 0 aromatic heterocycles. The van der Waals surface area contributed by atoms with Crippen LogP contribution in [0.3, 0.4) is 0 Å². The Balaban J connectivity index is 1.49. The number of piperazine rings is 1. The molecule has 0 bridgehead atoms. The van der Waals surface area contributed by atoms with E-state index in [9.17, 15) is 18.8 Å². The summed E-state index contributed by atoms with van der Waals surface area (Å²) >= 11 is 0. The number of hydrogen-bond donors (Lipinski definition) is 2. The molecule has 39 heavy (non-hydrogen) atoms. The average Bonchev–Trinajstić information content (AvgIpc) is 2.96. The second-order valence-corrected chi connectivity index (χ2v) is 9.69. The van der Waals surface area contributed by atoms with Crippen LogP contribution in [-0.4, -0.2) is 55.9 Å². The number of anilines is 2. The average molecular weight is 533 g/mol. The molecule has 0 aliphatic carbocycles. The van der Waals surface area contributed by atoms with E-state index in [4.69, 9.17) is 4.74 Å². The molecule has 0 saturated carbocycles. The molecular formula is C30H33FN4O4. The predicted molar refractivity (Wildman–Crippen MR) is 149 cm³/mol. The molecule has 1 aliphatic heterocycles. The van der Waals surface area contributed by atoms with Gasteiger partial charge in [0.15, 0.2) is 0 Å². The van der Waals surface area contributed by atoms with Crippen molar-refractivity contribution in [2.24, 2.45) is 5.92 Å². The lowest BCUT2D eigenvalue weighted by molar-refractivity contribution is -0.118. The monoisotopic (exact) mass is 532 g/mol. The van der Waals surface area contributed by atoms with E-state index in [2.05, 4.69) is 15.5 Å². The zero-order chi connectivity index (χ0) is 27.9. The van der Waals surface area contributed by atoms with Gasteiger partial charge >= 0.3 is 0 Å². The quantitative estimate of drug-likeness (QED) is 0.451. The standard InChI is InChI=1S/C30H33FN4O4/c1-20(2)28(36)33-24-10-13-27(26(18-24)29(37)32-19-21-4-8-23(31)9-5-21)34-14-16-35(17-15-34)30(38)22-6-11-25(39-3)12-7-22/h4-13,18,20H,14-17,19H2,1-3H3,(H,32,37)(H,33,36). The van der Waals surface area contributed by atoms with Gasteiger partial charge in [-0.3, -0.25) is 14.4 Å². The molecule has 1 heterocycles. The molecule has 0 spiro atoms. The van der Waals surface area contributed by atoms with Crippen LogP contribution in [0.2, 0.25) is 0 Å². The lowest BCUT2D eigenvalue weighted by Crippen LogP contribution is -2.49. The number of benzene rings is 3. The normalized spacial score (nSPS) is 13.3. The Labute approximate surface area is 227 Å². The first-order valence-corrected chi connectivity index (χ1v) is 12.9. The van der Waals surface area contributed by atoms with Crippen molar-refractivity contribution in [1.82, 2.24) is 10.2 Å². The molecular weight excluding hydrogens is 499 g/mol. The largest absolute Gasteiger partial charge is 0.497 e. The Kier molecular flexibility index (Phi) is 8.81. The van der Waals surface area contributed by atoms with Gasteiger partial charge in [-0.1, -0.05) is 26.0 Å². The fourth-order valence-corrected chi connectivity index (χ4v) is 4.30. The van der Waals surface area contributed by atoms with E-state index in [0.29, 0.717) is 54.4 Å². The smallest absolute Gasteiger partial charge is 0.253 e. The summed E-state index contributed by atoms with van der Waals surface area (Å²) in [5, 5.41) is 5.75. The first kappa shape index (κ1) is 27.6. The predicted octanol–water partition coefficient (Wildman–Crippen LogP) is 4.32. The van der Waals surface area contributed by atoms with Crippen LogP contribution in [0.1, 0.15) is 40.1 Å². The van der Waals surface area contributed by atoms with Crippen molar-refractivity contribution in [2.75, 3.05) is 43.5 Å². The highest BCUT2D eigenvalue weighted by Gasteiger charge is 2.25. The summed E-state index contributed by atoms with van der Waals surface area (Å²) in [5.74, 6) is -0.379. The maximum atomic E-state index is 13.3. The maximum Gasteiger partial charge on any atom is 0.253 e. The SMILES string of the molecule is COc1ccc(C(=O)N2CCN(c3ccc(NC(=O)C(C)C)cc3C(=O)NCc3ccc(F)cc3)CC2)cc1. The molecule has 1 saturated heterocycles. The molecule has 0 unspecified atom stereocenters. The summed E-state index contributed by atoms with van der Waals surface area (Å²) in [6.07, 6.45) is 0. The van der Waals surface area contributed by atoms with Gasteiger partial charge in [0.1, 0.15) is 11.6 Å². The first-order valence-electron chi connectivity index (χ1n) is 12.9. The number of amides is 3. The molecule has 3 amide bonds. The van der Waals surface area contributed by atoms with Crippen LogP contribution >= 0.6 is 0 Å². The van der Waals surface area contributed by atoms with Gasteiger partial charge in [0.25, 0.3) is 11.8 Å². The molecule has 1 aliphatic rings. The second-order valence-electron chi connectivity index (χ2n) is 9.69. The topological polar surface area (TPSA) is 91.0 Å². The maximum absolute atomic E-state index is 13.3. The molecule has 3 aromatic rings. The molecule has 1 fully saturated rings. The van der Waals surface area contributed by atoms with Crippen molar-refractivity contribution in [3.63, 3.8) is 0 Å². The van der Waals surface area contributed by atoms with Crippen molar-refractivity contribution in [2.45, 2.75) is 20.4 Å². The summed E-state index contributed by atoms with van der Waals surface area (Å²) in [6.45, 7) is 5.89. The van der Waals surface area contributed by atoms with E-state index < -0.39 is 0 Å². The van der Waals surface area contributed by atoms with E-state index in [-0.39, 0.29) is 36.0 Å². The van der Waals surface area contributed by atoms with Gasteiger partial charge in [-0.15, -0.1) is 0 Å². The minimum Gasteiger partial charge on any atom is -0.497 e. The Bertz CT molecular complexity index is 1320. The lowest BCUT2D eigenvalue weighted by atomic mass is 10.1. The van der Waals surface area contributed by atoms with Gasteiger partial charge in [0.2, 0.25) is 5.91 Å². The summed E-state index contributed by atoms with van der Waals surface area (Å²) in [7, 11) is 1.58. The number of carbonyl (C=O) groups excluding carboxylic acids is 3. The van der Waals surface area contributed by atoms with Crippen molar-refractivity contribution >= 4 is 29.1 Å². The van der Waals surface area contributed by atoms with E-state index >= 15 is 0 Å². The number of methoxy groups -OCH3 is 1. The van der Waals surface area contributed by atoms with E-state index in [1.807, 2.05) is 6.07 Å². The summed E-state index contributed by atoms with van der Waals surface area (Å²) in [5.41, 5.74) is 3.01. The summed E-state index contributed by atoms with van der Waals surface area (Å²) in [4.78, 5) is 42.5. The number of carbonyl (C=O) groups is 3. The van der Waals surface area contributed by atoms with Crippen molar-refractivity contribution < 1.29 is 23.5 Å². The molecule has 0 radical (unpaired) electrons. The Morgan fingerprint density at radius 2 is 1.59 bits per heavy atom. The van der Waals surface area contributed by atoms with Crippen LogP contribution in [0.15, 0.2) is 66.7 Å². The van der Waals surface area contributed by atoms with E-state index in [1.54, 1.807) is 74.4 Å². The van der Waals surface area contributed by atoms with E-state index in [1.165, 1.54) is 12.1 Å². The molecule has 4 rings (SSSR count). The van der Waals surface area contributed by atoms with Gasteiger partial charge in [0, 0.05) is 55.6 Å². The lowest BCUT2D eigenvalue weighted by Gasteiger charge is -2.37.